The predicted molar refractivity (Wildman–Crippen MR) is 104 cm³/mol. The summed E-state index contributed by atoms with van der Waals surface area (Å²) in [7, 11) is 0. The van der Waals surface area contributed by atoms with Gasteiger partial charge in [0.05, 0.1) is 0 Å². The summed E-state index contributed by atoms with van der Waals surface area (Å²) >= 11 is 0. The quantitative estimate of drug-likeness (QED) is 0.378. The van der Waals surface area contributed by atoms with E-state index in [1.807, 2.05) is 0 Å². The molecule has 0 amide bonds. The van der Waals surface area contributed by atoms with Crippen LogP contribution < -0.4 is 0 Å². The highest BCUT2D eigenvalue weighted by molar-refractivity contribution is 5.86. The van der Waals surface area contributed by atoms with Crippen molar-refractivity contribution >= 4 is 10.8 Å². The second-order valence-electron chi connectivity index (χ2n) is 7.49. The Kier molecular flexibility index (Phi) is 2.48. The average molecular weight is 318 g/mol. The summed E-state index contributed by atoms with van der Waals surface area (Å²) in [5, 5.41) is 2.72. The van der Waals surface area contributed by atoms with Gasteiger partial charge in [0.1, 0.15) is 0 Å². The van der Waals surface area contributed by atoms with Crippen molar-refractivity contribution in [3.63, 3.8) is 0 Å². The first-order valence-electron chi connectivity index (χ1n) is 9.05. The molecule has 6 rings (SSSR count). The van der Waals surface area contributed by atoms with Gasteiger partial charge in [-0.05, 0) is 57.0 Å². The van der Waals surface area contributed by atoms with Crippen molar-refractivity contribution in [2.24, 2.45) is 0 Å². The highest BCUT2D eigenvalue weighted by Gasteiger charge is 2.46. The lowest BCUT2D eigenvalue weighted by Crippen LogP contribution is -2.25. The van der Waals surface area contributed by atoms with Crippen LogP contribution >= 0.6 is 0 Å². The minimum absolute atomic E-state index is 0.118. The first kappa shape index (κ1) is 13.4. The van der Waals surface area contributed by atoms with E-state index in [1.165, 1.54) is 44.2 Å². The number of rotatable bonds is 0. The third kappa shape index (κ3) is 1.67. The number of hydrogen-bond acceptors (Lipinski definition) is 0. The van der Waals surface area contributed by atoms with Crippen LogP contribution in [0.25, 0.3) is 21.9 Å². The van der Waals surface area contributed by atoms with Crippen molar-refractivity contribution in [2.75, 3.05) is 0 Å². The monoisotopic (exact) mass is 318 g/mol. The molecular weight excluding hydrogens is 300 g/mol. The number of benzene rings is 4. The Bertz CT molecular complexity index is 1060. The van der Waals surface area contributed by atoms with Crippen molar-refractivity contribution in [3.8, 4) is 11.1 Å². The van der Waals surface area contributed by atoms with Crippen LogP contribution in [0, 0.1) is 0 Å². The molecule has 0 heteroatoms. The van der Waals surface area contributed by atoms with Gasteiger partial charge in [0.15, 0.2) is 0 Å². The molecule has 0 fully saturated rings. The smallest absolute Gasteiger partial charge is 0.0295 e. The zero-order chi connectivity index (χ0) is 16.4. The molecule has 1 spiro atoms. The van der Waals surface area contributed by atoms with E-state index in [2.05, 4.69) is 84.9 Å². The topological polar surface area (TPSA) is 0 Å². The molecule has 0 saturated carbocycles. The maximum absolute atomic E-state index is 2.42. The van der Waals surface area contributed by atoms with Gasteiger partial charge in [-0.1, -0.05) is 84.9 Å². The van der Waals surface area contributed by atoms with Crippen molar-refractivity contribution in [2.45, 2.75) is 18.3 Å². The molecular formula is C25H18. The van der Waals surface area contributed by atoms with E-state index in [-0.39, 0.29) is 5.41 Å². The Labute approximate surface area is 147 Å². The van der Waals surface area contributed by atoms with Gasteiger partial charge >= 0.3 is 0 Å². The molecule has 25 heavy (non-hydrogen) atoms. The zero-order valence-electron chi connectivity index (χ0n) is 14.0. The van der Waals surface area contributed by atoms with Crippen LogP contribution in [0.15, 0.2) is 84.9 Å². The lowest BCUT2D eigenvalue weighted by Gasteiger charge is -2.26. The summed E-state index contributed by atoms with van der Waals surface area (Å²) in [6.07, 6.45) is 2.22. The molecule has 0 atom stereocenters. The van der Waals surface area contributed by atoms with Crippen LogP contribution in [0.4, 0.5) is 0 Å². The number of hydrogen-bond donors (Lipinski definition) is 0. The molecule has 2 aliphatic rings. The number of fused-ring (bicyclic) bond motifs is 7. The van der Waals surface area contributed by atoms with Crippen LogP contribution in [0.2, 0.25) is 0 Å². The molecule has 0 radical (unpaired) electrons. The van der Waals surface area contributed by atoms with E-state index in [4.69, 9.17) is 0 Å². The van der Waals surface area contributed by atoms with Crippen LogP contribution in [0.1, 0.15) is 22.3 Å². The maximum Gasteiger partial charge on any atom is 0.0295 e. The molecule has 4 aromatic rings. The molecule has 4 aromatic carbocycles. The third-order valence-corrected chi connectivity index (χ3v) is 6.23. The summed E-state index contributed by atoms with van der Waals surface area (Å²) in [5.41, 5.74) is 9.03. The molecule has 0 saturated heterocycles. The van der Waals surface area contributed by atoms with Crippen LogP contribution in [0.5, 0.6) is 0 Å². The molecule has 118 valence electrons. The second-order valence-corrected chi connectivity index (χ2v) is 7.49. The fourth-order valence-electron chi connectivity index (χ4n) is 5.17. The Morgan fingerprint density at radius 3 is 1.48 bits per heavy atom. The fraction of sp³-hybridized carbons (Fsp3) is 0.120. The van der Waals surface area contributed by atoms with E-state index in [0.717, 1.165) is 12.8 Å². The van der Waals surface area contributed by atoms with E-state index >= 15 is 0 Å². The normalized spacial score (nSPS) is 16.0. The summed E-state index contributed by atoms with van der Waals surface area (Å²) in [4.78, 5) is 0. The zero-order valence-corrected chi connectivity index (χ0v) is 14.0. The van der Waals surface area contributed by atoms with Gasteiger partial charge < -0.3 is 0 Å². The van der Waals surface area contributed by atoms with Gasteiger partial charge in [-0.2, -0.15) is 0 Å². The summed E-state index contributed by atoms with van der Waals surface area (Å²) in [5.74, 6) is 0. The van der Waals surface area contributed by atoms with E-state index in [1.54, 1.807) is 0 Å². The van der Waals surface area contributed by atoms with Gasteiger partial charge in [0.25, 0.3) is 0 Å². The van der Waals surface area contributed by atoms with Crippen LogP contribution in [-0.2, 0) is 18.3 Å². The molecule has 0 aliphatic heterocycles. The average Bonchev–Trinajstić information content (AvgIpc) is 3.17. The predicted octanol–water partition coefficient (Wildman–Crippen LogP) is 5.91. The van der Waals surface area contributed by atoms with Crippen molar-refractivity contribution in [1.82, 2.24) is 0 Å². The lowest BCUT2D eigenvalue weighted by molar-refractivity contribution is 0.564. The Balaban J connectivity index is 1.62. The molecule has 0 aromatic heterocycles. The van der Waals surface area contributed by atoms with E-state index in [9.17, 15) is 0 Å². The van der Waals surface area contributed by atoms with E-state index in [0.29, 0.717) is 0 Å². The van der Waals surface area contributed by atoms with Crippen molar-refractivity contribution < 1.29 is 0 Å². The van der Waals surface area contributed by atoms with Gasteiger partial charge in [-0.15, -0.1) is 0 Å². The standard InChI is InChI=1S/C25H18/c1-2-8-18-14-20-16-25(15-19(20)13-17(18)7-1)23-11-5-3-9-21(23)22-10-4-6-12-24(22)25/h1-14H,15-16H2. The molecule has 0 heterocycles. The largest absolute Gasteiger partial charge is 0.0619 e. The summed E-state index contributed by atoms with van der Waals surface area (Å²) in [6, 6.07) is 31.6. The first-order chi connectivity index (χ1) is 12.4. The minimum atomic E-state index is 0.118. The maximum atomic E-state index is 2.42. The highest BCUT2D eigenvalue weighted by atomic mass is 14.5. The highest BCUT2D eigenvalue weighted by Crippen LogP contribution is 2.55. The van der Waals surface area contributed by atoms with Gasteiger partial charge in [-0.3, -0.25) is 0 Å². The minimum Gasteiger partial charge on any atom is -0.0619 e. The first-order valence-corrected chi connectivity index (χ1v) is 9.05. The lowest BCUT2D eigenvalue weighted by atomic mass is 9.76. The molecule has 0 nitrogen and oxygen atoms in total. The van der Waals surface area contributed by atoms with Crippen LogP contribution in [-0.4, -0.2) is 0 Å². The SMILES string of the molecule is c1ccc2c(c1)-c1ccccc1C21Cc2cc3ccccc3cc2C1. The third-order valence-electron chi connectivity index (χ3n) is 6.23. The Morgan fingerprint density at radius 1 is 0.520 bits per heavy atom. The summed E-state index contributed by atoms with van der Waals surface area (Å²) in [6.45, 7) is 0. The molecule has 0 N–H and O–H groups in total. The van der Waals surface area contributed by atoms with Gasteiger partial charge in [0.2, 0.25) is 0 Å². The second kappa shape index (κ2) is 4.61. The summed E-state index contributed by atoms with van der Waals surface area (Å²) < 4.78 is 0. The van der Waals surface area contributed by atoms with Crippen molar-refractivity contribution in [1.29, 1.82) is 0 Å². The molecule has 2 aliphatic carbocycles. The van der Waals surface area contributed by atoms with E-state index < -0.39 is 0 Å². The molecule has 0 bridgehead atoms. The van der Waals surface area contributed by atoms with Crippen LogP contribution in [0.3, 0.4) is 0 Å². The van der Waals surface area contributed by atoms with Crippen molar-refractivity contribution in [3.05, 3.63) is 107 Å². The van der Waals surface area contributed by atoms with Gasteiger partial charge in [-0.25, -0.2) is 0 Å². The van der Waals surface area contributed by atoms with Gasteiger partial charge in [0, 0.05) is 5.41 Å². The Morgan fingerprint density at radius 2 is 0.960 bits per heavy atom. The molecule has 0 unspecified atom stereocenters. The fourth-order valence-corrected chi connectivity index (χ4v) is 5.17. The Hall–Kier alpha value is -2.86.